The highest BCUT2D eigenvalue weighted by Gasteiger charge is 2.49. The molecule has 2 rings (SSSR count). The first-order valence-corrected chi connectivity index (χ1v) is 7.60. The number of carboxylic acid groups (broad SMARTS) is 1. The third-order valence-electron chi connectivity index (χ3n) is 4.22. The number of rotatable bonds is 8. The maximum atomic E-state index is 11.7. The van der Waals surface area contributed by atoms with Gasteiger partial charge in [0.1, 0.15) is 12.4 Å². The van der Waals surface area contributed by atoms with Crippen molar-refractivity contribution in [3.05, 3.63) is 16.7 Å². The Hall–Kier alpha value is -2.50. The number of aromatic nitrogens is 4. The number of fused-ring (bicyclic) bond motifs is 1. The molecule has 0 saturated heterocycles. The van der Waals surface area contributed by atoms with Gasteiger partial charge in [0.25, 0.3) is 0 Å². The van der Waals surface area contributed by atoms with Gasteiger partial charge in [-0.2, -0.15) is 4.98 Å². The molecule has 11 heteroatoms. The molecule has 0 radical (unpaired) electrons. The maximum Gasteiger partial charge on any atom is 0.351 e. The van der Waals surface area contributed by atoms with E-state index < -0.39 is 22.7 Å². The second-order valence-corrected chi connectivity index (χ2v) is 6.36. The predicted octanol–water partition coefficient (Wildman–Crippen LogP) is -0.786. The second kappa shape index (κ2) is 6.78. The van der Waals surface area contributed by atoms with Gasteiger partial charge >= 0.3 is 11.5 Å². The van der Waals surface area contributed by atoms with E-state index in [0.717, 1.165) is 0 Å². The van der Waals surface area contributed by atoms with Crippen LogP contribution in [0.25, 0.3) is 11.2 Å². The van der Waals surface area contributed by atoms with Gasteiger partial charge in [-0.3, -0.25) is 15.1 Å². The normalized spacial score (nSPS) is 14.6. The fourth-order valence-electron chi connectivity index (χ4n) is 2.50. The van der Waals surface area contributed by atoms with Crippen LogP contribution in [0.15, 0.2) is 11.1 Å². The Kier molecular flexibility index (Phi) is 5.11. The minimum atomic E-state index is -2.02. The standard InChI is InChI=1S/C14H22N6O5/c1-13(2,4-3-5-21)14(16,11(23)24)25-7-20-6-17-8-9(20)18-12(15)19-10(8)22/h6,21H,3-5,7,16H2,1-2H3,(H,23,24)(H3,15,18,19,22). The van der Waals surface area contributed by atoms with Crippen molar-refractivity contribution in [3.63, 3.8) is 0 Å². The number of ether oxygens (including phenoxy) is 1. The van der Waals surface area contributed by atoms with Crippen LogP contribution in [0.2, 0.25) is 0 Å². The van der Waals surface area contributed by atoms with Gasteiger partial charge in [-0.25, -0.2) is 9.78 Å². The van der Waals surface area contributed by atoms with Crippen molar-refractivity contribution in [2.45, 2.75) is 39.1 Å². The Labute approximate surface area is 142 Å². The molecule has 0 spiro atoms. The van der Waals surface area contributed by atoms with Crippen LogP contribution in [0.3, 0.4) is 0 Å². The third kappa shape index (κ3) is 3.48. The molecule has 25 heavy (non-hydrogen) atoms. The van der Waals surface area contributed by atoms with Crippen molar-refractivity contribution < 1.29 is 19.7 Å². The Morgan fingerprint density at radius 1 is 1.48 bits per heavy atom. The summed E-state index contributed by atoms with van der Waals surface area (Å²) in [6, 6.07) is 0. The Morgan fingerprint density at radius 2 is 2.16 bits per heavy atom. The van der Waals surface area contributed by atoms with Crippen LogP contribution >= 0.6 is 0 Å². The van der Waals surface area contributed by atoms with E-state index in [1.807, 2.05) is 0 Å². The lowest BCUT2D eigenvalue weighted by Crippen LogP contribution is -2.61. The van der Waals surface area contributed by atoms with E-state index in [1.54, 1.807) is 13.8 Å². The number of hydrogen-bond acceptors (Lipinski definition) is 8. The molecule has 0 amide bonds. The molecule has 1 unspecified atom stereocenters. The SMILES string of the molecule is CC(C)(CCCO)C(N)(OCn1cnc2c(=O)nc(N)[nH]c21)C(=O)O. The molecule has 0 aliphatic rings. The number of nitrogens with two attached hydrogens (primary N) is 2. The van der Waals surface area contributed by atoms with Crippen LogP contribution in [0.5, 0.6) is 0 Å². The van der Waals surface area contributed by atoms with E-state index in [0.29, 0.717) is 12.8 Å². The van der Waals surface area contributed by atoms with Crippen LogP contribution in [0.4, 0.5) is 5.95 Å². The minimum absolute atomic E-state index is 0.0512. The van der Waals surface area contributed by atoms with Gasteiger partial charge in [0.15, 0.2) is 5.52 Å². The molecule has 2 aromatic heterocycles. The lowest BCUT2D eigenvalue weighted by atomic mass is 9.77. The van der Waals surface area contributed by atoms with Crippen molar-refractivity contribution >= 4 is 23.1 Å². The summed E-state index contributed by atoms with van der Waals surface area (Å²) in [5, 5.41) is 18.6. The first-order valence-electron chi connectivity index (χ1n) is 7.60. The third-order valence-corrected chi connectivity index (χ3v) is 4.22. The summed E-state index contributed by atoms with van der Waals surface area (Å²) in [7, 11) is 0. The first kappa shape index (κ1) is 18.8. The van der Waals surface area contributed by atoms with Gasteiger partial charge in [-0.1, -0.05) is 13.8 Å². The molecule has 1 atom stereocenters. The molecule has 138 valence electrons. The number of aliphatic hydroxyl groups is 1. The highest BCUT2D eigenvalue weighted by atomic mass is 16.5. The summed E-state index contributed by atoms with van der Waals surface area (Å²) in [5.41, 5.74) is 8.26. The number of imidazole rings is 1. The number of aliphatic carboxylic acids is 1. The quantitative estimate of drug-likeness (QED) is 0.379. The van der Waals surface area contributed by atoms with Gasteiger partial charge in [0.2, 0.25) is 11.7 Å². The average molecular weight is 354 g/mol. The van der Waals surface area contributed by atoms with Crippen LogP contribution in [0.1, 0.15) is 26.7 Å². The van der Waals surface area contributed by atoms with E-state index in [9.17, 15) is 14.7 Å². The Balaban J connectivity index is 2.31. The van der Waals surface area contributed by atoms with E-state index in [4.69, 9.17) is 21.3 Å². The molecule has 0 aliphatic carbocycles. The molecule has 2 heterocycles. The maximum absolute atomic E-state index is 11.7. The molecule has 2 aromatic rings. The zero-order chi connectivity index (χ0) is 18.8. The first-order chi connectivity index (χ1) is 11.6. The van der Waals surface area contributed by atoms with E-state index >= 15 is 0 Å². The Morgan fingerprint density at radius 3 is 2.76 bits per heavy atom. The highest BCUT2D eigenvalue weighted by molar-refractivity contribution is 5.77. The summed E-state index contributed by atoms with van der Waals surface area (Å²) in [5.74, 6) is -1.44. The molecule has 7 N–H and O–H groups in total. The van der Waals surface area contributed by atoms with Crippen molar-refractivity contribution in [1.82, 2.24) is 19.5 Å². The van der Waals surface area contributed by atoms with Crippen molar-refractivity contribution in [2.75, 3.05) is 12.3 Å². The lowest BCUT2D eigenvalue weighted by molar-refractivity contribution is -0.194. The average Bonchev–Trinajstić information content (AvgIpc) is 2.93. The highest BCUT2D eigenvalue weighted by Crippen LogP contribution is 2.35. The number of anilines is 1. The lowest BCUT2D eigenvalue weighted by Gasteiger charge is -2.40. The number of hydrogen-bond donors (Lipinski definition) is 5. The second-order valence-electron chi connectivity index (χ2n) is 6.36. The Bertz CT molecular complexity index is 829. The van der Waals surface area contributed by atoms with Crippen LogP contribution < -0.4 is 17.0 Å². The monoisotopic (exact) mass is 354 g/mol. The number of aromatic amines is 1. The fraction of sp³-hybridized carbons (Fsp3) is 0.571. The number of nitrogen functional groups attached to an aromatic ring is 1. The van der Waals surface area contributed by atoms with E-state index in [-0.39, 0.29) is 30.4 Å². The molecule has 11 nitrogen and oxygen atoms in total. The number of H-pyrrole nitrogens is 1. The zero-order valence-corrected chi connectivity index (χ0v) is 14.0. The van der Waals surface area contributed by atoms with Gasteiger partial charge in [0, 0.05) is 12.0 Å². The van der Waals surface area contributed by atoms with Gasteiger partial charge in [-0.15, -0.1) is 0 Å². The number of carboxylic acids is 1. The van der Waals surface area contributed by atoms with E-state index in [1.165, 1.54) is 10.9 Å². The number of carbonyl (C=O) groups is 1. The van der Waals surface area contributed by atoms with Crippen molar-refractivity contribution in [2.24, 2.45) is 11.1 Å². The van der Waals surface area contributed by atoms with Gasteiger partial charge < -0.3 is 25.7 Å². The molecule has 0 aliphatic heterocycles. The summed E-state index contributed by atoms with van der Waals surface area (Å²) >= 11 is 0. The van der Waals surface area contributed by atoms with Crippen molar-refractivity contribution in [3.8, 4) is 0 Å². The largest absolute Gasteiger partial charge is 0.478 e. The molecular formula is C14H22N6O5. The van der Waals surface area contributed by atoms with E-state index in [2.05, 4.69) is 15.0 Å². The zero-order valence-electron chi connectivity index (χ0n) is 14.0. The minimum Gasteiger partial charge on any atom is -0.478 e. The molecule has 0 aromatic carbocycles. The number of aliphatic hydroxyl groups excluding tert-OH is 1. The van der Waals surface area contributed by atoms with Crippen LogP contribution in [-0.4, -0.2) is 48.0 Å². The predicted molar refractivity (Wildman–Crippen MR) is 88.3 cm³/mol. The van der Waals surface area contributed by atoms with Crippen molar-refractivity contribution in [1.29, 1.82) is 0 Å². The van der Waals surface area contributed by atoms with Crippen LogP contribution in [0, 0.1) is 5.41 Å². The number of nitrogens with zero attached hydrogens (tertiary/aromatic N) is 3. The number of nitrogens with one attached hydrogen (secondary N) is 1. The summed E-state index contributed by atoms with van der Waals surface area (Å²) in [6.07, 6.45) is 2.02. The summed E-state index contributed by atoms with van der Waals surface area (Å²) < 4.78 is 6.90. The van der Waals surface area contributed by atoms with Crippen LogP contribution in [-0.2, 0) is 16.3 Å². The fourth-order valence-corrected chi connectivity index (χ4v) is 2.50. The smallest absolute Gasteiger partial charge is 0.351 e. The summed E-state index contributed by atoms with van der Waals surface area (Å²) in [6.45, 7) is 2.93. The molecular weight excluding hydrogens is 332 g/mol. The molecule has 0 saturated carbocycles. The van der Waals surface area contributed by atoms with Gasteiger partial charge in [0.05, 0.1) is 6.33 Å². The van der Waals surface area contributed by atoms with Gasteiger partial charge in [-0.05, 0) is 12.8 Å². The topological polar surface area (TPSA) is 182 Å². The molecule has 0 fully saturated rings. The molecule has 0 bridgehead atoms. The summed E-state index contributed by atoms with van der Waals surface area (Å²) in [4.78, 5) is 33.6.